The standard InChI is InChI=1S/C23H23ClN4O2S/c1-16-19(24)7-8-20-21(16)26-23(31-20)28(10-2-9-27-11-13-30-14-12-27)22(29)18-5-3-17(15-25)4-6-18/h3-8H,2,9-14H2,1H3. The van der Waals surface area contributed by atoms with Gasteiger partial charge in [-0.05, 0) is 55.3 Å². The van der Waals surface area contributed by atoms with Gasteiger partial charge in [0.05, 0.1) is 35.1 Å². The van der Waals surface area contributed by atoms with Crippen LogP contribution < -0.4 is 4.90 Å². The number of benzene rings is 2. The maximum absolute atomic E-state index is 13.4. The molecule has 1 saturated heterocycles. The van der Waals surface area contributed by atoms with Gasteiger partial charge in [-0.15, -0.1) is 0 Å². The van der Waals surface area contributed by atoms with E-state index in [9.17, 15) is 4.79 Å². The van der Waals surface area contributed by atoms with E-state index in [-0.39, 0.29) is 5.91 Å². The average molecular weight is 455 g/mol. The molecular weight excluding hydrogens is 432 g/mol. The quantitative estimate of drug-likeness (QED) is 0.548. The lowest BCUT2D eigenvalue weighted by Gasteiger charge is -2.27. The molecule has 0 unspecified atom stereocenters. The van der Waals surface area contributed by atoms with Crippen LogP contribution in [0.25, 0.3) is 10.2 Å². The molecule has 3 aromatic rings. The Hall–Kier alpha value is -2.50. The Balaban J connectivity index is 1.60. The van der Waals surface area contributed by atoms with Crippen molar-refractivity contribution < 1.29 is 9.53 Å². The van der Waals surface area contributed by atoms with Crippen molar-refractivity contribution >= 4 is 44.2 Å². The molecule has 0 spiro atoms. The first kappa shape index (κ1) is 21.7. The molecule has 0 N–H and O–H groups in total. The number of carbonyl (C=O) groups excluding carboxylic acids is 1. The summed E-state index contributed by atoms with van der Waals surface area (Å²) in [7, 11) is 0. The molecule has 0 radical (unpaired) electrons. The summed E-state index contributed by atoms with van der Waals surface area (Å²) in [5.41, 5.74) is 2.82. The van der Waals surface area contributed by atoms with Gasteiger partial charge in [-0.3, -0.25) is 14.6 Å². The second-order valence-corrected chi connectivity index (χ2v) is 8.89. The zero-order chi connectivity index (χ0) is 21.8. The second-order valence-electron chi connectivity index (χ2n) is 7.47. The van der Waals surface area contributed by atoms with Crippen LogP contribution in [0.5, 0.6) is 0 Å². The van der Waals surface area contributed by atoms with Crippen LogP contribution in [-0.4, -0.2) is 55.2 Å². The van der Waals surface area contributed by atoms with Crippen LogP contribution in [0.15, 0.2) is 36.4 Å². The maximum atomic E-state index is 13.4. The minimum absolute atomic E-state index is 0.116. The molecule has 0 aliphatic carbocycles. The number of aryl methyl sites for hydroxylation is 1. The highest BCUT2D eigenvalue weighted by molar-refractivity contribution is 7.22. The molecule has 1 aliphatic heterocycles. The predicted octanol–water partition coefficient (Wildman–Crippen LogP) is 4.50. The fourth-order valence-corrected chi connectivity index (χ4v) is 4.81. The van der Waals surface area contributed by atoms with Gasteiger partial charge in [-0.1, -0.05) is 22.9 Å². The number of halogens is 1. The highest BCUT2D eigenvalue weighted by Crippen LogP contribution is 2.34. The molecule has 4 rings (SSSR count). The summed E-state index contributed by atoms with van der Waals surface area (Å²) in [5, 5.41) is 10.4. The van der Waals surface area contributed by atoms with Crippen molar-refractivity contribution in [2.45, 2.75) is 13.3 Å². The van der Waals surface area contributed by atoms with Crippen LogP contribution in [0.2, 0.25) is 5.02 Å². The number of carbonyl (C=O) groups is 1. The van der Waals surface area contributed by atoms with Crippen molar-refractivity contribution in [3.05, 3.63) is 58.1 Å². The van der Waals surface area contributed by atoms with Crippen molar-refractivity contribution in [2.24, 2.45) is 0 Å². The molecule has 0 atom stereocenters. The Labute approximate surface area is 190 Å². The number of amides is 1. The van der Waals surface area contributed by atoms with Gasteiger partial charge in [0, 0.05) is 36.8 Å². The molecule has 2 heterocycles. The van der Waals surface area contributed by atoms with Gasteiger partial charge >= 0.3 is 0 Å². The Morgan fingerprint density at radius 1 is 1.26 bits per heavy atom. The van der Waals surface area contributed by atoms with Gasteiger partial charge in [-0.25, -0.2) is 4.98 Å². The first-order chi connectivity index (χ1) is 15.1. The third-order valence-corrected chi connectivity index (χ3v) is 6.89. The highest BCUT2D eigenvalue weighted by Gasteiger charge is 2.22. The number of nitriles is 1. The van der Waals surface area contributed by atoms with E-state index >= 15 is 0 Å². The van der Waals surface area contributed by atoms with E-state index in [2.05, 4.69) is 11.0 Å². The summed E-state index contributed by atoms with van der Waals surface area (Å²) in [5.74, 6) is -0.116. The first-order valence-corrected chi connectivity index (χ1v) is 11.4. The van der Waals surface area contributed by atoms with Crippen LogP contribution >= 0.6 is 22.9 Å². The molecule has 8 heteroatoms. The van der Waals surface area contributed by atoms with Gasteiger partial charge in [0.2, 0.25) is 0 Å². The minimum atomic E-state index is -0.116. The molecule has 160 valence electrons. The zero-order valence-corrected chi connectivity index (χ0v) is 18.9. The summed E-state index contributed by atoms with van der Waals surface area (Å²) in [4.78, 5) is 22.3. The van der Waals surface area contributed by atoms with Gasteiger partial charge in [0.15, 0.2) is 5.13 Å². The number of ether oxygens (including phenoxy) is 1. The first-order valence-electron chi connectivity index (χ1n) is 10.2. The topological polar surface area (TPSA) is 69.5 Å². The molecule has 2 aromatic carbocycles. The minimum Gasteiger partial charge on any atom is -0.379 e. The van der Waals surface area contributed by atoms with E-state index in [1.807, 2.05) is 19.1 Å². The predicted molar refractivity (Wildman–Crippen MR) is 124 cm³/mol. The van der Waals surface area contributed by atoms with E-state index in [4.69, 9.17) is 26.6 Å². The van der Waals surface area contributed by atoms with Crippen molar-refractivity contribution in [2.75, 3.05) is 44.3 Å². The Morgan fingerprint density at radius 3 is 2.71 bits per heavy atom. The number of hydrogen-bond donors (Lipinski definition) is 0. The number of aromatic nitrogens is 1. The van der Waals surface area contributed by atoms with Gasteiger partial charge in [0.25, 0.3) is 5.91 Å². The van der Waals surface area contributed by atoms with Crippen molar-refractivity contribution in [1.82, 2.24) is 9.88 Å². The van der Waals surface area contributed by atoms with Crippen LogP contribution in [0, 0.1) is 18.3 Å². The number of morpholine rings is 1. The molecule has 1 aromatic heterocycles. The van der Waals surface area contributed by atoms with Crippen LogP contribution in [0.4, 0.5) is 5.13 Å². The Morgan fingerprint density at radius 2 is 2.00 bits per heavy atom. The molecule has 6 nitrogen and oxygen atoms in total. The second kappa shape index (κ2) is 9.75. The van der Waals surface area contributed by atoms with E-state index < -0.39 is 0 Å². The van der Waals surface area contributed by atoms with E-state index in [1.165, 1.54) is 11.3 Å². The number of hydrogen-bond acceptors (Lipinski definition) is 6. The maximum Gasteiger partial charge on any atom is 0.260 e. The van der Waals surface area contributed by atoms with E-state index in [0.29, 0.717) is 27.8 Å². The Kier molecular flexibility index (Phi) is 6.83. The van der Waals surface area contributed by atoms with E-state index in [1.54, 1.807) is 29.2 Å². The molecule has 0 bridgehead atoms. The van der Waals surface area contributed by atoms with Crippen LogP contribution in [0.3, 0.4) is 0 Å². The lowest BCUT2D eigenvalue weighted by atomic mass is 10.1. The van der Waals surface area contributed by atoms with E-state index in [0.717, 1.165) is 55.0 Å². The summed E-state index contributed by atoms with van der Waals surface area (Å²) in [6.07, 6.45) is 0.831. The largest absolute Gasteiger partial charge is 0.379 e. The monoisotopic (exact) mass is 454 g/mol. The lowest BCUT2D eigenvalue weighted by molar-refractivity contribution is 0.0376. The summed E-state index contributed by atoms with van der Waals surface area (Å²) in [6.45, 7) is 6.75. The highest BCUT2D eigenvalue weighted by atomic mass is 35.5. The van der Waals surface area contributed by atoms with Crippen molar-refractivity contribution in [1.29, 1.82) is 5.26 Å². The number of thiazole rings is 1. The Bertz CT molecular complexity index is 1120. The van der Waals surface area contributed by atoms with Gasteiger partial charge < -0.3 is 4.74 Å². The molecule has 31 heavy (non-hydrogen) atoms. The molecule has 1 amide bonds. The smallest absolute Gasteiger partial charge is 0.260 e. The zero-order valence-electron chi connectivity index (χ0n) is 17.3. The summed E-state index contributed by atoms with van der Waals surface area (Å²) < 4.78 is 6.42. The number of fused-ring (bicyclic) bond motifs is 1. The van der Waals surface area contributed by atoms with Crippen molar-refractivity contribution in [3.8, 4) is 6.07 Å². The summed E-state index contributed by atoms with van der Waals surface area (Å²) >= 11 is 7.77. The molecule has 1 fully saturated rings. The van der Waals surface area contributed by atoms with Gasteiger partial charge in [-0.2, -0.15) is 5.26 Å². The molecule has 0 saturated carbocycles. The lowest BCUT2D eigenvalue weighted by Crippen LogP contribution is -2.39. The third kappa shape index (κ3) is 4.89. The molecular formula is C23H23ClN4O2S. The third-order valence-electron chi connectivity index (χ3n) is 5.43. The number of rotatable bonds is 6. The number of anilines is 1. The fourth-order valence-electron chi connectivity index (χ4n) is 3.61. The van der Waals surface area contributed by atoms with Gasteiger partial charge in [0.1, 0.15) is 0 Å². The summed E-state index contributed by atoms with van der Waals surface area (Å²) in [6, 6.07) is 12.6. The average Bonchev–Trinajstić information content (AvgIpc) is 3.24. The van der Waals surface area contributed by atoms with Crippen LogP contribution in [-0.2, 0) is 4.74 Å². The SMILES string of the molecule is Cc1c(Cl)ccc2sc(N(CCCN3CCOCC3)C(=O)c3ccc(C#N)cc3)nc12. The number of nitrogens with zero attached hydrogens (tertiary/aromatic N) is 4. The normalized spacial score (nSPS) is 14.5. The fraction of sp³-hybridized carbons (Fsp3) is 0.348. The van der Waals surface area contributed by atoms with Crippen LogP contribution in [0.1, 0.15) is 27.9 Å². The molecule has 1 aliphatic rings. The van der Waals surface area contributed by atoms with Crippen molar-refractivity contribution in [3.63, 3.8) is 0 Å².